The van der Waals surface area contributed by atoms with Crippen LogP contribution in [0.5, 0.6) is 0 Å². The molecule has 4 aromatic rings. The molecule has 0 radical (unpaired) electrons. The maximum Gasteiger partial charge on any atom is 0.231 e. The highest BCUT2D eigenvalue weighted by Gasteiger charge is 2.13. The third-order valence-electron chi connectivity index (χ3n) is 3.95. The maximum absolute atomic E-state index is 4.69. The van der Waals surface area contributed by atoms with Gasteiger partial charge < -0.3 is 4.57 Å². The fraction of sp³-hybridized carbons (Fsp3) is 0.111. The summed E-state index contributed by atoms with van der Waals surface area (Å²) in [5.41, 5.74) is 5.39. The maximum atomic E-state index is 4.69. The molecule has 0 spiro atoms. The standard InChI is InChI=1S/C18H16N4/c1-13-15(14-8-4-3-5-9-14)12-22(20-13)18-19-16-10-6-7-11-17(16)21(18)2/h3-12H,1-2H3. The quantitative estimate of drug-likeness (QED) is 0.563. The summed E-state index contributed by atoms with van der Waals surface area (Å²) < 4.78 is 3.92. The summed E-state index contributed by atoms with van der Waals surface area (Å²) in [5.74, 6) is 0.825. The number of imidazole rings is 1. The van der Waals surface area contributed by atoms with E-state index in [0.717, 1.165) is 28.2 Å². The number of aromatic nitrogens is 4. The third kappa shape index (κ3) is 1.92. The van der Waals surface area contributed by atoms with Crippen molar-refractivity contribution in [3.63, 3.8) is 0 Å². The van der Waals surface area contributed by atoms with Crippen LogP contribution >= 0.6 is 0 Å². The topological polar surface area (TPSA) is 35.6 Å². The molecule has 0 saturated heterocycles. The van der Waals surface area contributed by atoms with Gasteiger partial charge in [-0.3, -0.25) is 0 Å². The molecule has 108 valence electrons. The lowest BCUT2D eigenvalue weighted by Gasteiger charge is -2.01. The van der Waals surface area contributed by atoms with E-state index in [2.05, 4.69) is 27.9 Å². The van der Waals surface area contributed by atoms with Crippen molar-refractivity contribution >= 4 is 11.0 Å². The Morgan fingerprint density at radius 2 is 1.64 bits per heavy atom. The van der Waals surface area contributed by atoms with Crippen LogP contribution in [-0.4, -0.2) is 19.3 Å². The number of nitrogens with zero attached hydrogens (tertiary/aromatic N) is 4. The van der Waals surface area contributed by atoms with E-state index in [0.29, 0.717) is 0 Å². The summed E-state index contributed by atoms with van der Waals surface area (Å²) in [7, 11) is 2.02. The fourth-order valence-corrected chi connectivity index (χ4v) is 2.80. The van der Waals surface area contributed by atoms with E-state index in [1.807, 2.05) is 61.2 Å². The van der Waals surface area contributed by atoms with Crippen LogP contribution in [0, 0.1) is 6.92 Å². The first-order chi connectivity index (χ1) is 10.7. The molecule has 4 nitrogen and oxygen atoms in total. The second-order valence-corrected chi connectivity index (χ2v) is 5.40. The Labute approximate surface area is 128 Å². The number of hydrogen-bond acceptors (Lipinski definition) is 2. The van der Waals surface area contributed by atoms with Crippen LogP contribution < -0.4 is 0 Å². The van der Waals surface area contributed by atoms with Gasteiger partial charge in [0.05, 0.1) is 16.7 Å². The average Bonchev–Trinajstić information content (AvgIpc) is 3.09. The van der Waals surface area contributed by atoms with E-state index in [4.69, 9.17) is 4.98 Å². The summed E-state index contributed by atoms with van der Waals surface area (Å²) in [6.45, 7) is 2.03. The normalized spacial score (nSPS) is 11.2. The van der Waals surface area contributed by atoms with Gasteiger partial charge in [-0.2, -0.15) is 5.10 Å². The Morgan fingerprint density at radius 1 is 0.909 bits per heavy atom. The van der Waals surface area contributed by atoms with Crippen LogP contribution in [0.4, 0.5) is 0 Å². The first-order valence-electron chi connectivity index (χ1n) is 7.27. The van der Waals surface area contributed by atoms with Gasteiger partial charge in [-0.25, -0.2) is 9.67 Å². The molecule has 2 aromatic carbocycles. The lowest BCUT2D eigenvalue weighted by atomic mass is 10.1. The highest BCUT2D eigenvalue weighted by atomic mass is 15.4. The lowest BCUT2D eigenvalue weighted by molar-refractivity contribution is 0.753. The van der Waals surface area contributed by atoms with E-state index in [1.54, 1.807) is 0 Å². The number of fused-ring (bicyclic) bond motifs is 1. The minimum absolute atomic E-state index is 0.825. The predicted molar refractivity (Wildman–Crippen MR) is 88.0 cm³/mol. The SMILES string of the molecule is Cc1nn(-c2nc3ccccc3n2C)cc1-c1ccccc1. The molecule has 4 heteroatoms. The van der Waals surface area contributed by atoms with Gasteiger partial charge in [-0.1, -0.05) is 42.5 Å². The number of benzene rings is 2. The molecule has 0 saturated carbocycles. The Morgan fingerprint density at radius 3 is 2.41 bits per heavy atom. The van der Waals surface area contributed by atoms with Crippen molar-refractivity contribution in [2.45, 2.75) is 6.92 Å². The summed E-state index contributed by atoms with van der Waals surface area (Å²) in [4.78, 5) is 4.69. The van der Waals surface area contributed by atoms with Crippen LogP contribution in [0.1, 0.15) is 5.69 Å². The summed E-state index contributed by atoms with van der Waals surface area (Å²) >= 11 is 0. The number of hydrogen-bond donors (Lipinski definition) is 0. The molecule has 2 aromatic heterocycles. The molecule has 0 fully saturated rings. The molecular weight excluding hydrogens is 272 g/mol. The van der Waals surface area contributed by atoms with E-state index >= 15 is 0 Å². The minimum atomic E-state index is 0.825. The van der Waals surface area contributed by atoms with E-state index in [1.165, 1.54) is 5.56 Å². The smallest absolute Gasteiger partial charge is 0.231 e. The monoisotopic (exact) mass is 288 g/mol. The molecular formula is C18H16N4. The van der Waals surface area contributed by atoms with Crippen molar-refractivity contribution in [1.82, 2.24) is 19.3 Å². The van der Waals surface area contributed by atoms with Crippen molar-refractivity contribution in [2.75, 3.05) is 0 Å². The van der Waals surface area contributed by atoms with Crippen LogP contribution in [0.15, 0.2) is 60.8 Å². The first kappa shape index (κ1) is 12.8. The second-order valence-electron chi connectivity index (χ2n) is 5.40. The van der Waals surface area contributed by atoms with Gasteiger partial charge in [0.2, 0.25) is 5.95 Å². The highest BCUT2D eigenvalue weighted by Crippen LogP contribution is 2.24. The molecule has 4 rings (SSSR count). The van der Waals surface area contributed by atoms with Crippen molar-refractivity contribution in [1.29, 1.82) is 0 Å². The van der Waals surface area contributed by atoms with Crippen molar-refractivity contribution in [2.24, 2.45) is 7.05 Å². The van der Waals surface area contributed by atoms with Gasteiger partial charge >= 0.3 is 0 Å². The lowest BCUT2D eigenvalue weighted by Crippen LogP contribution is -2.03. The van der Waals surface area contributed by atoms with Crippen LogP contribution in [0.3, 0.4) is 0 Å². The third-order valence-corrected chi connectivity index (χ3v) is 3.95. The largest absolute Gasteiger partial charge is 0.311 e. The zero-order valence-corrected chi connectivity index (χ0v) is 12.6. The van der Waals surface area contributed by atoms with Gasteiger partial charge in [0.25, 0.3) is 0 Å². The van der Waals surface area contributed by atoms with Crippen LogP contribution in [0.25, 0.3) is 28.1 Å². The molecule has 0 N–H and O–H groups in total. The minimum Gasteiger partial charge on any atom is -0.311 e. The van der Waals surface area contributed by atoms with E-state index < -0.39 is 0 Å². The van der Waals surface area contributed by atoms with E-state index in [9.17, 15) is 0 Å². The summed E-state index contributed by atoms with van der Waals surface area (Å²) in [5, 5.41) is 4.65. The zero-order valence-electron chi connectivity index (χ0n) is 12.6. The Hall–Kier alpha value is -2.88. The zero-order chi connectivity index (χ0) is 15.1. The van der Waals surface area contributed by atoms with Gasteiger partial charge in [-0.15, -0.1) is 0 Å². The van der Waals surface area contributed by atoms with Gasteiger partial charge in [0.15, 0.2) is 0 Å². The van der Waals surface area contributed by atoms with Crippen molar-refractivity contribution in [3.05, 3.63) is 66.5 Å². The highest BCUT2D eigenvalue weighted by molar-refractivity contribution is 5.77. The number of aryl methyl sites for hydroxylation is 2. The van der Waals surface area contributed by atoms with Crippen LogP contribution in [-0.2, 0) is 7.05 Å². The van der Waals surface area contributed by atoms with Crippen molar-refractivity contribution < 1.29 is 0 Å². The molecule has 2 heterocycles. The van der Waals surface area contributed by atoms with Gasteiger partial charge in [0, 0.05) is 18.8 Å². The Bertz CT molecular complexity index is 948. The number of rotatable bonds is 2. The molecule has 0 atom stereocenters. The molecule has 22 heavy (non-hydrogen) atoms. The van der Waals surface area contributed by atoms with E-state index in [-0.39, 0.29) is 0 Å². The predicted octanol–water partition coefficient (Wildman–Crippen LogP) is 3.73. The Kier molecular flexibility index (Phi) is 2.82. The molecule has 0 aliphatic rings. The molecule has 0 bridgehead atoms. The Balaban J connectivity index is 1.88. The summed E-state index contributed by atoms with van der Waals surface area (Å²) in [6, 6.07) is 18.4. The molecule has 0 aliphatic carbocycles. The molecule has 0 unspecified atom stereocenters. The first-order valence-corrected chi connectivity index (χ1v) is 7.27. The fourth-order valence-electron chi connectivity index (χ4n) is 2.80. The van der Waals surface area contributed by atoms with Gasteiger partial charge in [0.1, 0.15) is 0 Å². The van der Waals surface area contributed by atoms with Crippen molar-refractivity contribution in [3.8, 4) is 17.1 Å². The van der Waals surface area contributed by atoms with Crippen LogP contribution in [0.2, 0.25) is 0 Å². The van der Waals surface area contributed by atoms with Gasteiger partial charge in [-0.05, 0) is 24.6 Å². The molecule has 0 aliphatic heterocycles. The second kappa shape index (κ2) is 4.84. The average molecular weight is 288 g/mol. The summed E-state index contributed by atoms with van der Waals surface area (Å²) in [6.07, 6.45) is 2.05. The number of para-hydroxylation sites is 2. The molecule has 0 amide bonds.